The second-order valence-electron chi connectivity index (χ2n) is 6.06. The number of hydrogen-bond acceptors (Lipinski definition) is 4. The molecular formula is C20H18FNO3S. The highest BCUT2D eigenvalue weighted by Gasteiger charge is 2.36. The first-order valence-corrected chi connectivity index (χ1v) is 9.01. The summed E-state index contributed by atoms with van der Waals surface area (Å²) in [7, 11) is 0. The Labute approximate surface area is 155 Å². The number of rotatable bonds is 5. The molecule has 3 rings (SSSR count). The van der Waals surface area contributed by atoms with Crippen molar-refractivity contribution in [2.75, 3.05) is 0 Å². The van der Waals surface area contributed by atoms with Gasteiger partial charge < -0.3 is 4.74 Å². The summed E-state index contributed by atoms with van der Waals surface area (Å²) in [5.41, 5.74) is 1.11. The van der Waals surface area contributed by atoms with Crippen molar-refractivity contribution in [3.05, 3.63) is 70.4 Å². The van der Waals surface area contributed by atoms with E-state index in [2.05, 4.69) is 0 Å². The Balaban J connectivity index is 1.83. The summed E-state index contributed by atoms with van der Waals surface area (Å²) in [5.74, 6) is -0.117. The molecular weight excluding hydrogens is 353 g/mol. The lowest BCUT2D eigenvalue weighted by Crippen LogP contribution is -2.34. The fraction of sp³-hybridized carbons (Fsp3) is 0.200. The molecule has 0 radical (unpaired) electrons. The molecule has 2 amide bonds. The Hall–Kier alpha value is -2.60. The van der Waals surface area contributed by atoms with Crippen molar-refractivity contribution >= 4 is 29.0 Å². The van der Waals surface area contributed by atoms with Crippen molar-refractivity contribution in [3.8, 4) is 5.75 Å². The molecule has 0 N–H and O–H groups in total. The number of halogens is 1. The SMILES string of the molecule is CC(C)N1C(=O)S/C(=C\c2ccccc2OCc2ccccc2F)C1=O. The molecule has 0 aromatic heterocycles. The Bertz CT molecular complexity index is 879. The van der Waals surface area contributed by atoms with Gasteiger partial charge in [0.15, 0.2) is 0 Å². The fourth-order valence-corrected chi connectivity index (χ4v) is 3.52. The molecule has 134 valence electrons. The van der Waals surface area contributed by atoms with E-state index < -0.39 is 0 Å². The van der Waals surface area contributed by atoms with Gasteiger partial charge in [-0.3, -0.25) is 14.5 Å². The van der Waals surface area contributed by atoms with Gasteiger partial charge in [0.05, 0.1) is 4.91 Å². The van der Waals surface area contributed by atoms with Gasteiger partial charge >= 0.3 is 0 Å². The van der Waals surface area contributed by atoms with Gasteiger partial charge in [0.25, 0.3) is 11.1 Å². The zero-order valence-corrected chi connectivity index (χ0v) is 15.3. The van der Waals surface area contributed by atoms with Gasteiger partial charge in [-0.2, -0.15) is 0 Å². The molecule has 2 aromatic rings. The minimum absolute atomic E-state index is 0.0744. The number of para-hydroxylation sites is 1. The summed E-state index contributed by atoms with van der Waals surface area (Å²) < 4.78 is 19.5. The highest BCUT2D eigenvalue weighted by Crippen LogP contribution is 2.35. The van der Waals surface area contributed by atoms with Crippen LogP contribution in [0, 0.1) is 5.82 Å². The maximum Gasteiger partial charge on any atom is 0.293 e. The Morgan fingerprint density at radius 2 is 1.81 bits per heavy atom. The Morgan fingerprint density at radius 1 is 1.12 bits per heavy atom. The number of ether oxygens (including phenoxy) is 1. The summed E-state index contributed by atoms with van der Waals surface area (Å²) in [6.07, 6.45) is 1.64. The molecule has 0 spiro atoms. The smallest absolute Gasteiger partial charge is 0.293 e. The van der Waals surface area contributed by atoms with E-state index in [4.69, 9.17) is 4.74 Å². The first-order valence-electron chi connectivity index (χ1n) is 8.19. The van der Waals surface area contributed by atoms with Gasteiger partial charge in [0.1, 0.15) is 18.2 Å². The molecule has 1 fully saturated rings. The topological polar surface area (TPSA) is 46.6 Å². The third kappa shape index (κ3) is 3.80. The van der Waals surface area contributed by atoms with Gasteiger partial charge in [0, 0.05) is 17.2 Å². The monoisotopic (exact) mass is 371 g/mol. The fourth-order valence-electron chi connectivity index (χ4n) is 2.57. The van der Waals surface area contributed by atoms with E-state index in [0.29, 0.717) is 21.8 Å². The molecule has 0 aliphatic carbocycles. The highest BCUT2D eigenvalue weighted by molar-refractivity contribution is 8.18. The van der Waals surface area contributed by atoms with Crippen molar-refractivity contribution in [2.24, 2.45) is 0 Å². The number of carbonyl (C=O) groups is 2. The van der Waals surface area contributed by atoms with Crippen LogP contribution in [-0.2, 0) is 11.4 Å². The number of hydrogen-bond donors (Lipinski definition) is 0. The number of carbonyl (C=O) groups excluding carboxylic acids is 2. The van der Waals surface area contributed by atoms with Crippen molar-refractivity contribution in [1.29, 1.82) is 0 Å². The molecule has 26 heavy (non-hydrogen) atoms. The second-order valence-corrected chi connectivity index (χ2v) is 7.06. The molecule has 0 bridgehead atoms. The molecule has 0 atom stereocenters. The highest BCUT2D eigenvalue weighted by atomic mass is 32.2. The molecule has 4 nitrogen and oxygen atoms in total. The largest absolute Gasteiger partial charge is 0.488 e. The van der Waals surface area contributed by atoms with Crippen LogP contribution in [0.25, 0.3) is 6.08 Å². The predicted molar refractivity (Wildman–Crippen MR) is 100 cm³/mol. The molecule has 1 heterocycles. The van der Waals surface area contributed by atoms with Crippen LogP contribution in [0.15, 0.2) is 53.4 Å². The molecule has 0 saturated carbocycles. The first kappa shape index (κ1) is 18.2. The summed E-state index contributed by atoms with van der Waals surface area (Å²) in [6, 6.07) is 13.4. The van der Waals surface area contributed by atoms with Crippen LogP contribution in [0.2, 0.25) is 0 Å². The van der Waals surface area contributed by atoms with Crippen molar-refractivity contribution < 1.29 is 18.7 Å². The average Bonchev–Trinajstić information content (AvgIpc) is 2.89. The molecule has 0 unspecified atom stereocenters. The maximum atomic E-state index is 13.8. The van der Waals surface area contributed by atoms with Crippen LogP contribution in [0.5, 0.6) is 5.75 Å². The summed E-state index contributed by atoms with van der Waals surface area (Å²) in [4.78, 5) is 26.0. The Morgan fingerprint density at radius 3 is 2.50 bits per heavy atom. The van der Waals surface area contributed by atoms with Crippen molar-refractivity contribution in [3.63, 3.8) is 0 Å². The third-order valence-corrected chi connectivity index (χ3v) is 4.77. The van der Waals surface area contributed by atoms with Crippen LogP contribution in [-0.4, -0.2) is 22.1 Å². The van der Waals surface area contributed by atoms with Crippen LogP contribution >= 0.6 is 11.8 Å². The predicted octanol–water partition coefficient (Wildman–Crippen LogP) is 4.85. The van der Waals surface area contributed by atoms with E-state index >= 15 is 0 Å². The maximum absolute atomic E-state index is 13.8. The van der Waals surface area contributed by atoms with E-state index in [1.807, 2.05) is 6.07 Å². The summed E-state index contributed by atoms with van der Waals surface area (Å²) >= 11 is 0.914. The summed E-state index contributed by atoms with van der Waals surface area (Å²) in [5, 5.41) is -0.277. The van der Waals surface area contributed by atoms with E-state index in [1.54, 1.807) is 56.3 Å². The quantitative estimate of drug-likeness (QED) is 0.705. The molecule has 2 aromatic carbocycles. The van der Waals surface area contributed by atoms with E-state index in [1.165, 1.54) is 11.0 Å². The van der Waals surface area contributed by atoms with Gasteiger partial charge in [-0.05, 0) is 43.8 Å². The van der Waals surface area contributed by atoms with Gasteiger partial charge in [-0.25, -0.2) is 4.39 Å². The van der Waals surface area contributed by atoms with Gasteiger partial charge in [-0.1, -0.05) is 36.4 Å². The standard InChI is InChI=1S/C20H18FNO3S/c1-13(2)22-19(23)18(26-20(22)24)11-14-7-4-6-10-17(14)25-12-15-8-3-5-9-16(15)21/h3-11,13H,12H2,1-2H3/b18-11-. The lowest BCUT2D eigenvalue weighted by Gasteiger charge is -2.16. The van der Waals surface area contributed by atoms with Crippen LogP contribution in [0.4, 0.5) is 9.18 Å². The van der Waals surface area contributed by atoms with Crippen molar-refractivity contribution in [1.82, 2.24) is 4.90 Å². The van der Waals surface area contributed by atoms with Crippen LogP contribution in [0.1, 0.15) is 25.0 Å². The molecule has 1 aliphatic rings. The number of nitrogens with zero attached hydrogens (tertiary/aromatic N) is 1. The minimum atomic E-state index is -0.331. The van der Waals surface area contributed by atoms with E-state index in [-0.39, 0.29) is 29.6 Å². The zero-order chi connectivity index (χ0) is 18.7. The third-order valence-electron chi connectivity index (χ3n) is 3.89. The van der Waals surface area contributed by atoms with E-state index in [0.717, 1.165) is 11.8 Å². The van der Waals surface area contributed by atoms with Crippen molar-refractivity contribution in [2.45, 2.75) is 26.5 Å². The number of thioether (sulfide) groups is 1. The van der Waals surface area contributed by atoms with Crippen LogP contribution < -0.4 is 4.74 Å². The first-order chi connectivity index (χ1) is 12.5. The number of imide groups is 1. The second kappa shape index (κ2) is 7.74. The minimum Gasteiger partial charge on any atom is -0.488 e. The van der Waals surface area contributed by atoms with Gasteiger partial charge in [-0.15, -0.1) is 0 Å². The lowest BCUT2D eigenvalue weighted by molar-refractivity contribution is -0.123. The van der Waals surface area contributed by atoms with Crippen LogP contribution in [0.3, 0.4) is 0 Å². The lowest BCUT2D eigenvalue weighted by atomic mass is 10.1. The zero-order valence-electron chi connectivity index (χ0n) is 14.4. The average molecular weight is 371 g/mol. The number of benzene rings is 2. The van der Waals surface area contributed by atoms with Gasteiger partial charge in [0.2, 0.25) is 0 Å². The Kier molecular flexibility index (Phi) is 5.42. The summed E-state index contributed by atoms with van der Waals surface area (Å²) in [6.45, 7) is 3.67. The normalized spacial score (nSPS) is 16.0. The molecule has 1 saturated heterocycles. The molecule has 1 aliphatic heterocycles. The molecule has 6 heteroatoms. The number of amides is 2. The van der Waals surface area contributed by atoms with E-state index in [9.17, 15) is 14.0 Å².